The lowest BCUT2D eigenvalue weighted by molar-refractivity contribution is -0.137. The van der Waals surface area contributed by atoms with Crippen LogP contribution in [0.25, 0.3) is 11.3 Å². The van der Waals surface area contributed by atoms with Gasteiger partial charge in [0.05, 0.1) is 22.4 Å². The Kier molecular flexibility index (Phi) is 6.63. The third kappa shape index (κ3) is 5.80. The Hall–Kier alpha value is -3.61. The molecule has 1 aromatic heterocycles. The highest BCUT2D eigenvalue weighted by atomic mass is 19.4. The zero-order valence-corrected chi connectivity index (χ0v) is 18.4. The first kappa shape index (κ1) is 24.0. The smallest absolute Gasteiger partial charge is 0.416 e. The molecule has 0 saturated carbocycles. The number of aromatic nitrogens is 1. The predicted molar refractivity (Wildman–Crippen MR) is 113 cm³/mol. The zero-order valence-electron chi connectivity index (χ0n) is 18.4. The van der Waals surface area contributed by atoms with Gasteiger partial charge < -0.3 is 14.5 Å². The number of hydrogen-bond donors (Lipinski definition) is 0. The number of pyridine rings is 1. The molecule has 1 aliphatic rings. The van der Waals surface area contributed by atoms with Crippen molar-refractivity contribution < 1.29 is 27.5 Å². The van der Waals surface area contributed by atoms with Crippen molar-refractivity contribution in [2.45, 2.75) is 32.5 Å². The molecule has 0 radical (unpaired) electrons. The van der Waals surface area contributed by atoms with Gasteiger partial charge in [0, 0.05) is 37.9 Å². The average molecular weight is 460 g/mol. The molecule has 0 aliphatic carbocycles. The van der Waals surface area contributed by atoms with E-state index in [0.717, 1.165) is 12.1 Å². The van der Waals surface area contributed by atoms with Crippen LogP contribution in [0, 0.1) is 11.3 Å². The maximum absolute atomic E-state index is 12.9. The molecular weight excluding hydrogens is 437 g/mol. The molecule has 1 aromatic carbocycles. The topological polar surface area (TPSA) is 86.5 Å². The van der Waals surface area contributed by atoms with Gasteiger partial charge in [-0.15, -0.1) is 0 Å². The first-order valence-corrected chi connectivity index (χ1v) is 10.2. The average Bonchev–Trinajstić information content (AvgIpc) is 2.76. The standard InChI is InChI=1S/C23H23F3N4O3/c1-22(2,3)33-21(32)30-10-8-29(9-11-30)20(31)17-12-16(13-27)19(28-14-17)15-4-6-18(7-5-15)23(24,25)26/h4-7,12,14H,8-11H2,1-3H3. The highest BCUT2D eigenvalue weighted by Gasteiger charge is 2.31. The van der Waals surface area contributed by atoms with Crippen LogP contribution >= 0.6 is 0 Å². The Morgan fingerprint density at radius 1 is 1.03 bits per heavy atom. The van der Waals surface area contributed by atoms with Crippen molar-refractivity contribution in [2.24, 2.45) is 0 Å². The van der Waals surface area contributed by atoms with Gasteiger partial charge in [0.1, 0.15) is 11.7 Å². The molecule has 1 fully saturated rings. The molecule has 0 N–H and O–H groups in total. The number of alkyl halides is 3. The molecule has 2 amide bonds. The number of amides is 2. The summed E-state index contributed by atoms with van der Waals surface area (Å²) in [6, 6.07) is 7.65. The van der Waals surface area contributed by atoms with E-state index in [0.29, 0.717) is 31.7 Å². The van der Waals surface area contributed by atoms with E-state index in [-0.39, 0.29) is 22.7 Å². The molecule has 33 heavy (non-hydrogen) atoms. The number of piperazine rings is 1. The molecular formula is C23H23F3N4O3. The summed E-state index contributed by atoms with van der Waals surface area (Å²) < 4.78 is 43.7. The van der Waals surface area contributed by atoms with Gasteiger partial charge in [-0.2, -0.15) is 18.4 Å². The van der Waals surface area contributed by atoms with E-state index in [1.807, 2.05) is 6.07 Å². The molecule has 174 valence electrons. The van der Waals surface area contributed by atoms with Gasteiger partial charge >= 0.3 is 12.3 Å². The first-order valence-electron chi connectivity index (χ1n) is 10.2. The van der Waals surface area contributed by atoms with Crippen LogP contribution < -0.4 is 0 Å². The molecule has 2 aromatic rings. The van der Waals surface area contributed by atoms with E-state index >= 15 is 0 Å². The third-order valence-electron chi connectivity index (χ3n) is 4.96. The Bertz CT molecular complexity index is 1080. The van der Waals surface area contributed by atoms with E-state index in [9.17, 15) is 28.0 Å². The largest absolute Gasteiger partial charge is 0.444 e. The van der Waals surface area contributed by atoms with Gasteiger partial charge in [-0.3, -0.25) is 9.78 Å². The van der Waals surface area contributed by atoms with E-state index in [1.165, 1.54) is 29.3 Å². The van der Waals surface area contributed by atoms with Gasteiger partial charge in [-0.05, 0) is 39.0 Å². The number of nitrogens with zero attached hydrogens (tertiary/aromatic N) is 4. The van der Waals surface area contributed by atoms with E-state index in [2.05, 4.69) is 4.98 Å². The van der Waals surface area contributed by atoms with E-state index in [4.69, 9.17) is 4.74 Å². The minimum Gasteiger partial charge on any atom is -0.444 e. The molecule has 7 nitrogen and oxygen atoms in total. The number of rotatable bonds is 2. The van der Waals surface area contributed by atoms with Crippen LogP contribution in [-0.4, -0.2) is 58.6 Å². The Balaban J connectivity index is 1.72. The van der Waals surface area contributed by atoms with Crippen LogP contribution in [0.2, 0.25) is 0 Å². The molecule has 10 heteroatoms. The molecule has 3 rings (SSSR count). The molecule has 0 unspecified atom stereocenters. The van der Waals surface area contributed by atoms with E-state index < -0.39 is 23.4 Å². The lowest BCUT2D eigenvalue weighted by Gasteiger charge is -2.35. The highest BCUT2D eigenvalue weighted by molar-refractivity contribution is 5.95. The Labute approximate surface area is 189 Å². The first-order chi connectivity index (χ1) is 15.4. The van der Waals surface area contributed by atoms with Gasteiger partial charge in [-0.1, -0.05) is 12.1 Å². The molecule has 2 heterocycles. The van der Waals surface area contributed by atoms with Gasteiger partial charge in [0.2, 0.25) is 0 Å². The summed E-state index contributed by atoms with van der Waals surface area (Å²) in [5.74, 6) is -0.346. The number of benzene rings is 1. The van der Waals surface area contributed by atoms with Crippen LogP contribution in [0.4, 0.5) is 18.0 Å². The lowest BCUT2D eigenvalue weighted by Crippen LogP contribution is -2.51. The number of halogens is 3. The summed E-state index contributed by atoms with van der Waals surface area (Å²) in [5, 5.41) is 9.52. The number of carbonyl (C=O) groups is 2. The fraction of sp³-hybridized carbons (Fsp3) is 0.391. The zero-order chi connectivity index (χ0) is 24.4. The van der Waals surface area contributed by atoms with Crippen molar-refractivity contribution in [2.75, 3.05) is 26.2 Å². The van der Waals surface area contributed by atoms with Crippen molar-refractivity contribution in [3.8, 4) is 17.3 Å². The van der Waals surface area contributed by atoms with Crippen molar-refractivity contribution in [1.82, 2.24) is 14.8 Å². The quantitative estimate of drug-likeness (QED) is 0.666. The molecule has 1 aliphatic heterocycles. The van der Waals surface area contributed by atoms with Crippen molar-refractivity contribution in [1.29, 1.82) is 5.26 Å². The number of hydrogen-bond acceptors (Lipinski definition) is 5. The van der Waals surface area contributed by atoms with E-state index in [1.54, 1.807) is 25.7 Å². The Morgan fingerprint density at radius 3 is 2.12 bits per heavy atom. The molecule has 0 bridgehead atoms. The summed E-state index contributed by atoms with van der Waals surface area (Å²) in [7, 11) is 0. The second-order valence-corrected chi connectivity index (χ2v) is 8.57. The number of carbonyl (C=O) groups excluding carboxylic acids is 2. The van der Waals surface area contributed by atoms with Crippen LogP contribution in [0.15, 0.2) is 36.5 Å². The van der Waals surface area contributed by atoms with Crippen LogP contribution in [0.1, 0.15) is 42.3 Å². The van der Waals surface area contributed by atoms with Gasteiger partial charge in [-0.25, -0.2) is 4.79 Å². The second kappa shape index (κ2) is 9.10. The van der Waals surface area contributed by atoms with Crippen LogP contribution in [0.3, 0.4) is 0 Å². The molecule has 0 atom stereocenters. The summed E-state index contributed by atoms with van der Waals surface area (Å²) >= 11 is 0. The molecule has 0 spiro atoms. The Morgan fingerprint density at radius 2 is 1.61 bits per heavy atom. The van der Waals surface area contributed by atoms with Crippen LogP contribution in [0.5, 0.6) is 0 Å². The third-order valence-corrected chi connectivity index (χ3v) is 4.96. The second-order valence-electron chi connectivity index (χ2n) is 8.57. The SMILES string of the molecule is CC(C)(C)OC(=O)N1CCN(C(=O)c2cnc(-c3ccc(C(F)(F)F)cc3)c(C#N)c2)CC1. The maximum Gasteiger partial charge on any atom is 0.416 e. The van der Waals surface area contributed by atoms with Crippen molar-refractivity contribution in [3.05, 3.63) is 53.2 Å². The summed E-state index contributed by atoms with van der Waals surface area (Å²) in [6.45, 7) is 6.53. The van der Waals surface area contributed by atoms with Crippen LogP contribution in [-0.2, 0) is 10.9 Å². The van der Waals surface area contributed by atoms with Gasteiger partial charge in [0.25, 0.3) is 5.91 Å². The predicted octanol–water partition coefficient (Wildman–Crippen LogP) is 4.33. The number of nitriles is 1. The minimum absolute atomic E-state index is 0.0769. The normalized spacial score (nSPS) is 14.6. The van der Waals surface area contributed by atoms with Gasteiger partial charge in [0.15, 0.2) is 0 Å². The lowest BCUT2D eigenvalue weighted by atomic mass is 10.0. The highest BCUT2D eigenvalue weighted by Crippen LogP contribution is 2.31. The fourth-order valence-electron chi connectivity index (χ4n) is 3.32. The number of ether oxygens (including phenoxy) is 1. The minimum atomic E-state index is -4.46. The van der Waals surface area contributed by atoms with Crippen molar-refractivity contribution in [3.63, 3.8) is 0 Å². The molecule has 1 saturated heterocycles. The van der Waals surface area contributed by atoms with Crippen molar-refractivity contribution >= 4 is 12.0 Å². The maximum atomic E-state index is 12.9. The summed E-state index contributed by atoms with van der Waals surface area (Å²) in [6.07, 6.45) is -3.60. The summed E-state index contributed by atoms with van der Waals surface area (Å²) in [4.78, 5) is 32.3. The monoisotopic (exact) mass is 460 g/mol. The fourth-order valence-corrected chi connectivity index (χ4v) is 3.32. The summed E-state index contributed by atoms with van der Waals surface area (Å²) in [5.41, 5.74) is -0.622.